The Balaban J connectivity index is 1.81. The predicted molar refractivity (Wildman–Crippen MR) is 128 cm³/mol. The summed E-state index contributed by atoms with van der Waals surface area (Å²) in [4.78, 5) is 26.0. The van der Waals surface area contributed by atoms with E-state index in [4.69, 9.17) is 9.16 Å². The number of nitrogens with one attached hydrogen (secondary N) is 1. The molecule has 2 aliphatic rings. The van der Waals surface area contributed by atoms with Gasteiger partial charge in [-0.25, -0.2) is 4.79 Å². The maximum atomic E-state index is 12.6. The fourth-order valence-corrected chi connectivity index (χ4v) is 5.47. The Kier molecular flexibility index (Phi) is 6.96. The molecular formula is C24H38N2O5Si. The van der Waals surface area contributed by atoms with Gasteiger partial charge in [0, 0.05) is 30.1 Å². The Morgan fingerprint density at radius 2 is 1.88 bits per heavy atom. The zero-order chi connectivity index (χ0) is 23.8. The van der Waals surface area contributed by atoms with Gasteiger partial charge in [0.15, 0.2) is 8.32 Å². The number of amides is 2. The van der Waals surface area contributed by atoms with Crippen molar-refractivity contribution in [3.05, 3.63) is 23.8 Å². The average molecular weight is 463 g/mol. The second-order valence-electron chi connectivity index (χ2n) is 10.7. The fraction of sp³-hybridized carbons (Fsp3) is 0.667. The number of nitrogens with zero attached hydrogens (tertiary/aromatic N) is 1. The average Bonchev–Trinajstić information content (AvgIpc) is 3.50. The standard InChI is InChI=1S/C24H38N2O5Si/c1-15-21(25-23(28)29)19-14-18(30-12-13-31-32(6,7)24(3,4)5)10-11-20(19)26(16(2)27)22(15)17-8-9-17/h10-11,14-15,17,21-22,25H,8-9,12-13H2,1-7H3,(H,28,29)/t15-,21-,22-/m1/s1. The van der Waals surface area contributed by atoms with Crippen molar-refractivity contribution in [2.75, 3.05) is 18.1 Å². The lowest BCUT2D eigenvalue weighted by Crippen LogP contribution is -2.53. The highest BCUT2D eigenvalue weighted by Crippen LogP contribution is 2.49. The van der Waals surface area contributed by atoms with Crippen LogP contribution in [0.2, 0.25) is 18.1 Å². The highest BCUT2D eigenvalue weighted by molar-refractivity contribution is 6.74. The molecule has 0 spiro atoms. The smallest absolute Gasteiger partial charge is 0.405 e. The Hall–Kier alpha value is -2.06. The molecule has 2 N–H and O–H groups in total. The Morgan fingerprint density at radius 1 is 1.22 bits per heavy atom. The minimum absolute atomic E-state index is 0.00149. The number of carbonyl (C=O) groups excluding carboxylic acids is 1. The first kappa shape index (κ1) is 24.6. The molecule has 8 heteroatoms. The number of rotatable bonds is 7. The van der Waals surface area contributed by atoms with Crippen LogP contribution in [0.1, 0.15) is 59.1 Å². The maximum absolute atomic E-state index is 12.6. The molecule has 1 fully saturated rings. The number of hydrogen-bond acceptors (Lipinski definition) is 4. The summed E-state index contributed by atoms with van der Waals surface area (Å²) in [5, 5.41) is 12.3. The van der Waals surface area contributed by atoms with E-state index in [1.165, 1.54) is 0 Å². The van der Waals surface area contributed by atoms with Crippen molar-refractivity contribution in [2.24, 2.45) is 11.8 Å². The molecule has 0 radical (unpaired) electrons. The topological polar surface area (TPSA) is 88.1 Å². The van der Waals surface area contributed by atoms with Crippen LogP contribution in [0.5, 0.6) is 5.75 Å². The lowest BCUT2D eigenvalue weighted by Gasteiger charge is -2.45. The molecule has 0 saturated heterocycles. The predicted octanol–water partition coefficient (Wildman–Crippen LogP) is 5.18. The van der Waals surface area contributed by atoms with Crippen molar-refractivity contribution in [1.82, 2.24) is 5.32 Å². The number of carboxylic acid groups (broad SMARTS) is 1. The highest BCUT2D eigenvalue weighted by Gasteiger charge is 2.48. The Labute approximate surface area is 192 Å². The van der Waals surface area contributed by atoms with Gasteiger partial charge in [0.1, 0.15) is 12.4 Å². The summed E-state index contributed by atoms with van der Waals surface area (Å²) in [6, 6.07) is 5.23. The van der Waals surface area contributed by atoms with Gasteiger partial charge in [0.25, 0.3) is 0 Å². The number of carbonyl (C=O) groups is 2. The second-order valence-corrected chi connectivity index (χ2v) is 15.5. The molecule has 2 amide bonds. The second kappa shape index (κ2) is 9.06. The van der Waals surface area contributed by atoms with Crippen LogP contribution in [0.25, 0.3) is 0 Å². The molecule has 0 bridgehead atoms. The molecule has 32 heavy (non-hydrogen) atoms. The molecule has 0 aromatic heterocycles. The third-order valence-corrected chi connectivity index (χ3v) is 11.8. The van der Waals surface area contributed by atoms with E-state index >= 15 is 0 Å². The van der Waals surface area contributed by atoms with Crippen molar-refractivity contribution < 1.29 is 23.9 Å². The Bertz CT molecular complexity index is 862. The van der Waals surface area contributed by atoms with Crippen LogP contribution in [0.4, 0.5) is 10.5 Å². The van der Waals surface area contributed by atoms with E-state index in [0.717, 1.165) is 24.1 Å². The van der Waals surface area contributed by atoms with Crippen LogP contribution in [-0.2, 0) is 9.22 Å². The van der Waals surface area contributed by atoms with Crippen molar-refractivity contribution in [3.8, 4) is 5.75 Å². The van der Waals surface area contributed by atoms with E-state index in [9.17, 15) is 14.7 Å². The maximum Gasteiger partial charge on any atom is 0.405 e. The Morgan fingerprint density at radius 3 is 2.41 bits per heavy atom. The summed E-state index contributed by atoms with van der Waals surface area (Å²) in [7, 11) is -1.84. The van der Waals surface area contributed by atoms with Crippen molar-refractivity contribution in [3.63, 3.8) is 0 Å². The lowest BCUT2D eigenvalue weighted by molar-refractivity contribution is -0.117. The van der Waals surface area contributed by atoms with Gasteiger partial charge in [-0.05, 0) is 55.1 Å². The van der Waals surface area contributed by atoms with E-state index in [1.54, 1.807) is 6.92 Å². The van der Waals surface area contributed by atoms with Crippen molar-refractivity contribution in [2.45, 2.75) is 77.7 Å². The minimum atomic E-state index is -1.84. The summed E-state index contributed by atoms with van der Waals surface area (Å²) in [6.45, 7) is 15.6. The van der Waals surface area contributed by atoms with Crippen LogP contribution in [-0.4, -0.2) is 44.7 Å². The molecule has 178 valence electrons. The van der Waals surface area contributed by atoms with Gasteiger partial charge in [0.05, 0.1) is 12.6 Å². The fourth-order valence-electron chi connectivity index (χ4n) is 4.44. The monoisotopic (exact) mass is 462 g/mol. The molecule has 1 aromatic carbocycles. The molecule has 1 heterocycles. The van der Waals surface area contributed by atoms with Crippen LogP contribution in [0.3, 0.4) is 0 Å². The van der Waals surface area contributed by atoms with Crippen LogP contribution >= 0.6 is 0 Å². The molecule has 1 saturated carbocycles. The first-order valence-electron chi connectivity index (χ1n) is 11.5. The number of anilines is 1. The molecular weight excluding hydrogens is 424 g/mol. The summed E-state index contributed by atoms with van der Waals surface area (Å²) in [5.41, 5.74) is 1.56. The molecule has 0 unspecified atom stereocenters. The number of hydrogen-bond donors (Lipinski definition) is 2. The molecule has 7 nitrogen and oxygen atoms in total. The molecule has 1 aliphatic carbocycles. The summed E-state index contributed by atoms with van der Waals surface area (Å²) < 4.78 is 12.2. The SMILES string of the molecule is CC(=O)N1c2ccc(OCCO[Si](C)(C)C(C)(C)C)cc2[C@H](NC(=O)O)[C@@H](C)[C@@H]1C1CC1. The van der Waals surface area contributed by atoms with E-state index in [1.807, 2.05) is 30.0 Å². The minimum Gasteiger partial charge on any atom is -0.491 e. The third-order valence-electron chi connectivity index (χ3n) is 7.30. The van der Waals surface area contributed by atoms with Gasteiger partial charge < -0.3 is 24.5 Å². The van der Waals surface area contributed by atoms with E-state index in [0.29, 0.717) is 24.9 Å². The quantitative estimate of drug-likeness (QED) is 0.431. The molecule has 3 rings (SSSR count). The molecule has 1 aliphatic heterocycles. The van der Waals surface area contributed by atoms with Crippen LogP contribution < -0.4 is 15.0 Å². The zero-order valence-electron chi connectivity index (χ0n) is 20.4. The van der Waals surface area contributed by atoms with Gasteiger partial charge in [0.2, 0.25) is 5.91 Å². The lowest BCUT2D eigenvalue weighted by atomic mass is 9.80. The van der Waals surface area contributed by atoms with Gasteiger partial charge >= 0.3 is 6.09 Å². The number of ether oxygens (including phenoxy) is 1. The van der Waals surface area contributed by atoms with Crippen LogP contribution in [0, 0.1) is 11.8 Å². The zero-order valence-corrected chi connectivity index (χ0v) is 21.4. The highest BCUT2D eigenvalue weighted by atomic mass is 28.4. The van der Waals surface area contributed by atoms with Gasteiger partial charge in [-0.3, -0.25) is 4.79 Å². The van der Waals surface area contributed by atoms with Gasteiger partial charge in [-0.1, -0.05) is 27.7 Å². The largest absolute Gasteiger partial charge is 0.491 e. The van der Waals surface area contributed by atoms with Gasteiger partial charge in [-0.15, -0.1) is 0 Å². The van der Waals surface area contributed by atoms with Crippen molar-refractivity contribution in [1.29, 1.82) is 0 Å². The first-order chi connectivity index (χ1) is 14.8. The van der Waals surface area contributed by atoms with Crippen molar-refractivity contribution >= 4 is 26.0 Å². The van der Waals surface area contributed by atoms with E-state index in [2.05, 4.69) is 39.2 Å². The summed E-state index contributed by atoms with van der Waals surface area (Å²) in [5.74, 6) is 1.02. The van der Waals surface area contributed by atoms with Crippen LogP contribution in [0.15, 0.2) is 18.2 Å². The number of fused-ring (bicyclic) bond motifs is 1. The summed E-state index contributed by atoms with van der Waals surface area (Å²) >= 11 is 0. The third kappa shape index (κ3) is 5.12. The molecule has 3 atom stereocenters. The summed E-state index contributed by atoms with van der Waals surface area (Å²) in [6.07, 6.45) is 1.08. The first-order valence-corrected chi connectivity index (χ1v) is 14.4. The van der Waals surface area contributed by atoms with E-state index < -0.39 is 20.5 Å². The molecule has 1 aromatic rings. The van der Waals surface area contributed by atoms with E-state index in [-0.39, 0.29) is 22.9 Å². The number of benzene rings is 1. The normalized spacial score (nSPS) is 23.5. The van der Waals surface area contributed by atoms with Gasteiger partial charge in [-0.2, -0.15) is 0 Å².